The zero-order valence-electron chi connectivity index (χ0n) is 15.3. The van der Waals surface area contributed by atoms with Gasteiger partial charge in [0.15, 0.2) is 0 Å². The molecule has 1 aliphatic carbocycles. The predicted molar refractivity (Wildman–Crippen MR) is 102 cm³/mol. The molecule has 0 spiro atoms. The number of benzene rings is 2. The van der Waals surface area contributed by atoms with E-state index >= 15 is 0 Å². The molecule has 2 N–H and O–H groups in total. The standard InChI is InChI=1S/C21H21N3O3/c1-26-15-6-3-13(4-7-15)12-22-21(25)20-18-9-5-14-11-16(27-2)8-10-17(14)19(18)23-24-20/h3-4,6-8,10-11H,5,9,12H2,1-2H3,(H,22,25)(H,23,24). The Kier molecular flexibility index (Phi) is 4.54. The largest absolute Gasteiger partial charge is 0.497 e. The van der Waals surface area contributed by atoms with E-state index in [0.717, 1.165) is 46.7 Å². The number of aromatic nitrogens is 2. The number of nitrogens with zero attached hydrogens (tertiary/aromatic N) is 1. The second kappa shape index (κ2) is 7.15. The van der Waals surface area contributed by atoms with Crippen LogP contribution in [0.5, 0.6) is 11.5 Å². The molecule has 6 heteroatoms. The molecule has 0 radical (unpaired) electrons. The first-order valence-electron chi connectivity index (χ1n) is 8.85. The monoisotopic (exact) mass is 363 g/mol. The number of ether oxygens (including phenoxy) is 2. The van der Waals surface area contributed by atoms with E-state index < -0.39 is 0 Å². The molecule has 1 amide bonds. The number of rotatable bonds is 5. The maximum absolute atomic E-state index is 12.7. The van der Waals surface area contributed by atoms with E-state index in [1.165, 1.54) is 5.56 Å². The van der Waals surface area contributed by atoms with Gasteiger partial charge in [0.05, 0.1) is 19.9 Å². The summed E-state index contributed by atoms with van der Waals surface area (Å²) in [6.45, 7) is 0.449. The van der Waals surface area contributed by atoms with Gasteiger partial charge >= 0.3 is 0 Å². The molecule has 27 heavy (non-hydrogen) atoms. The zero-order chi connectivity index (χ0) is 18.8. The molecule has 6 nitrogen and oxygen atoms in total. The SMILES string of the molecule is COc1ccc(CNC(=O)c2[nH]nc3c2CCc2cc(OC)ccc2-3)cc1. The van der Waals surface area contributed by atoms with Gasteiger partial charge in [-0.25, -0.2) is 0 Å². The second-order valence-electron chi connectivity index (χ2n) is 6.48. The molecule has 1 heterocycles. The van der Waals surface area contributed by atoms with Gasteiger partial charge in [-0.2, -0.15) is 5.10 Å². The molecule has 2 aromatic carbocycles. The summed E-state index contributed by atoms with van der Waals surface area (Å²) in [6, 6.07) is 13.6. The van der Waals surface area contributed by atoms with Gasteiger partial charge in [0.1, 0.15) is 17.2 Å². The minimum Gasteiger partial charge on any atom is -0.497 e. The minimum absolute atomic E-state index is 0.142. The molecular formula is C21H21N3O3. The number of nitrogens with one attached hydrogen (secondary N) is 2. The van der Waals surface area contributed by atoms with Crippen LogP contribution in [0.4, 0.5) is 0 Å². The minimum atomic E-state index is -0.142. The highest BCUT2D eigenvalue weighted by molar-refractivity contribution is 5.96. The lowest BCUT2D eigenvalue weighted by atomic mass is 9.89. The summed E-state index contributed by atoms with van der Waals surface area (Å²) < 4.78 is 10.5. The highest BCUT2D eigenvalue weighted by atomic mass is 16.5. The number of hydrogen-bond acceptors (Lipinski definition) is 4. The molecule has 4 rings (SSSR count). The fraction of sp³-hybridized carbons (Fsp3) is 0.238. The maximum atomic E-state index is 12.7. The maximum Gasteiger partial charge on any atom is 0.269 e. The summed E-state index contributed by atoms with van der Waals surface area (Å²) in [6.07, 6.45) is 1.63. The lowest BCUT2D eigenvalue weighted by Crippen LogP contribution is -2.24. The Morgan fingerprint density at radius 1 is 1.07 bits per heavy atom. The number of methoxy groups -OCH3 is 2. The van der Waals surface area contributed by atoms with Gasteiger partial charge in [-0.1, -0.05) is 12.1 Å². The Balaban J connectivity index is 1.52. The quantitative estimate of drug-likeness (QED) is 0.730. The molecule has 1 aliphatic rings. The highest BCUT2D eigenvalue weighted by Gasteiger charge is 2.25. The van der Waals surface area contributed by atoms with E-state index in [0.29, 0.717) is 12.2 Å². The van der Waals surface area contributed by atoms with Gasteiger partial charge in [-0.05, 0) is 54.3 Å². The fourth-order valence-electron chi connectivity index (χ4n) is 3.43. The molecule has 0 saturated heterocycles. The van der Waals surface area contributed by atoms with Crippen LogP contribution < -0.4 is 14.8 Å². The summed E-state index contributed by atoms with van der Waals surface area (Å²) in [5.41, 5.74) is 5.63. The van der Waals surface area contributed by atoms with Gasteiger partial charge in [0.2, 0.25) is 0 Å². The third-order valence-corrected chi connectivity index (χ3v) is 4.92. The van der Waals surface area contributed by atoms with Crippen LogP contribution in [-0.2, 0) is 19.4 Å². The van der Waals surface area contributed by atoms with Crippen LogP contribution >= 0.6 is 0 Å². The average Bonchev–Trinajstić information content (AvgIpc) is 3.16. The van der Waals surface area contributed by atoms with Crippen molar-refractivity contribution in [2.24, 2.45) is 0 Å². The van der Waals surface area contributed by atoms with Crippen LogP contribution in [0, 0.1) is 0 Å². The molecule has 0 aliphatic heterocycles. The number of carbonyl (C=O) groups excluding carboxylic acids is 1. The summed E-state index contributed by atoms with van der Waals surface area (Å²) >= 11 is 0. The van der Waals surface area contributed by atoms with Crippen molar-refractivity contribution in [3.8, 4) is 22.8 Å². The van der Waals surface area contributed by atoms with Crippen molar-refractivity contribution >= 4 is 5.91 Å². The van der Waals surface area contributed by atoms with Gasteiger partial charge in [-0.15, -0.1) is 0 Å². The third kappa shape index (κ3) is 3.26. The lowest BCUT2D eigenvalue weighted by molar-refractivity contribution is 0.0945. The first-order chi connectivity index (χ1) is 13.2. The van der Waals surface area contributed by atoms with Crippen LogP contribution in [0.25, 0.3) is 11.3 Å². The topological polar surface area (TPSA) is 76.2 Å². The molecule has 3 aromatic rings. The number of carbonyl (C=O) groups is 1. The van der Waals surface area contributed by atoms with Crippen molar-refractivity contribution in [2.45, 2.75) is 19.4 Å². The van der Waals surface area contributed by atoms with Crippen LogP contribution in [0.15, 0.2) is 42.5 Å². The van der Waals surface area contributed by atoms with Crippen LogP contribution in [0.1, 0.15) is 27.2 Å². The molecule has 0 saturated carbocycles. The van der Waals surface area contributed by atoms with Crippen molar-refractivity contribution in [2.75, 3.05) is 14.2 Å². The molecule has 0 bridgehead atoms. The van der Waals surface area contributed by atoms with Crippen molar-refractivity contribution in [1.29, 1.82) is 0 Å². The predicted octanol–water partition coefficient (Wildman–Crippen LogP) is 3.12. The first-order valence-corrected chi connectivity index (χ1v) is 8.85. The van der Waals surface area contributed by atoms with Gasteiger partial charge in [0.25, 0.3) is 5.91 Å². The second-order valence-corrected chi connectivity index (χ2v) is 6.48. The highest BCUT2D eigenvalue weighted by Crippen LogP contribution is 2.35. The number of amides is 1. The Labute approximate surface area is 157 Å². The van der Waals surface area contributed by atoms with E-state index in [1.807, 2.05) is 42.5 Å². The summed E-state index contributed by atoms with van der Waals surface area (Å²) in [5, 5.41) is 10.3. The van der Waals surface area contributed by atoms with Crippen molar-refractivity contribution in [3.63, 3.8) is 0 Å². The molecule has 138 valence electrons. The van der Waals surface area contributed by atoms with Gasteiger partial charge in [0, 0.05) is 17.7 Å². The van der Waals surface area contributed by atoms with Crippen molar-refractivity contribution in [1.82, 2.24) is 15.5 Å². The summed E-state index contributed by atoms with van der Waals surface area (Å²) in [4.78, 5) is 12.7. The van der Waals surface area contributed by atoms with Crippen molar-refractivity contribution in [3.05, 3.63) is 64.8 Å². The average molecular weight is 363 g/mol. The van der Waals surface area contributed by atoms with Crippen molar-refractivity contribution < 1.29 is 14.3 Å². The first kappa shape index (κ1) is 17.1. The number of H-pyrrole nitrogens is 1. The van der Waals surface area contributed by atoms with Gasteiger partial charge < -0.3 is 14.8 Å². The normalized spacial score (nSPS) is 12.1. The van der Waals surface area contributed by atoms with E-state index in [4.69, 9.17) is 9.47 Å². The fourth-order valence-corrected chi connectivity index (χ4v) is 3.43. The van der Waals surface area contributed by atoms with E-state index in [9.17, 15) is 4.79 Å². The smallest absolute Gasteiger partial charge is 0.269 e. The number of fused-ring (bicyclic) bond motifs is 3. The van der Waals surface area contributed by atoms with Gasteiger partial charge in [-0.3, -0.25) is 9.89 Å². The molecule has 0 atom stereocenters. The van der Waals surface area contributed by atoms with Crippen LogP contribution in [0.2, 0.25) is 0 Å². The Morgan fingerprint density at radius 2 is 1.81 bits per heavy atom. The van der Waals surface area contributed by atoms with E-state index in [1.54, 1.807) is 14.2 Å². The number of hydrogen-bond donors (Lipinski definition) is 2. The zero-order valence-corrected chi connectivity index (χ0v) is 15.3. The van der Waals surface area contributed by atoms with E-state index in [-0.39, 0.29) is 5.91 Å². The molecule has 1 aromatic heterocycles. The lowest BCUT2D eigenvalue weighted by Gasteiger charge is -2.17. The number of aryl methyl sites for hydroxylation is 1. The van der Waals surface area contributed by atoms with Crippen LogP contribution in [0.3, 0.4) is 0 Å². The summed E-state index contributed by atoms with van der Waals surface area (Å²) in [7, 11) is 3.29. The Hall–Kier alpha value is -3.28. The Bertz CT molecular complexity index is 977. The molecule has 0 fully saturated rings. The molecular weight excluding hydrogens is 342 g/mol. The summed E-state index contributed by atoms with van der Waals surface area (Å²) in [5.74, 6) is 1.49. The molecule has 0 unspecified atom stereocenters. The third-order valence-electron chi connectivity index (χ3n) is 4.92. The van der Waals surface area contributed by atoms with E-state index in [2.05, 4.69) is 15.5 Å². The Morgan fingerprint density at radius 3 is 2.56 bits per heavy atom. The van der Waals surface area contributed by atoms with Crippen LogP contribution in [-0.4, -0.2) is 30.3 Å². The number of aromatic amines is 1.